The van der Waals surface area contributed by atoms with Gasteiger partial charge in [-0.05, 0) is 26.0 Å². The van der Waals surface area contributed by atoms with Gasteiger partial charge in [-0.1, -0.05) is 0 Å². The summed E-state index contributed by atoms with van der Waals surface area (Å²) in [5.41, 5.74) is 3.47. The molecule has 1 aliphatic rings. The summed E-state index contributed by atoms with van der Waals surface area (Å²) in [6.07, 6.45) is 3.22. The van der Waals surface area contributed by atoms with Crippen LogP contribution in [0.25, 0.3) is 21.7 Å². The number of aryl methyl sites for hydroxylation is 2. The van der Waals surface area contributed by atoms with Gasteiger partial charge in [0, 0.05) is 26.2 Å². The number of rotatable bonds is 3. The van der Waals surface area contributed by atoms with E-state index in [1.165, 1.54) is 0 Å². The fraction of sp³-hybridized carbons (Fsp3) is 0.333. The second-order valence-corrected chi connectivity index (χ2v) is 7.90. The Morgan fingerprint density at radius 2 is 1.79 bits per heavy atom. The molecule has 5 heterocycles. The second kappa shape index (κ2) is 6.79. The molecule has 0 spiro atoms. The molecular weight excluding hydrogens is 374 g/mol. The van der Waals surface area contributed by atoms with Crippen LogP contribution in [-0.4, -0.2) is 61.3 Å². The van der Waals surface area contributed by atoms with Crippen LogP contribution in [0.1, 0.15) is 10.7 Å². The summed E-state index contributed by atoms with van der Waals surface area (Å²) >= 11 is 1.65. The smallest absolute Gasteiger partial charge is 0.182 e. The summed E-state index contributed by atoms with van der Waals surface area (Å²) in [6, 6.07) is 4.08. The summed E-state index contributed by atoms with van der Waals surface area (Å²) in [7, 11) is 0. The Morgan fingerprint density at radius 3 is 2.50 bits per heavy atom. The highest BCUT2D eigenvalue weighted by Crippen LogP contribution is 2.29. The third kappa shape index (κ3) is 2.95. The highest BCUT2D eigenvalue weighted by Gasteiger charge is 2.22. The average Bonchev–Trinajstić information content (AvgIpc) is 3.34. The zero-order valence-corrected chi connectivity index (χ0v) is 16.4. The molecule has 4 aromatic rings. The van der Waals surface area contributed by atoms with Crippen LogP contribution in [-0.2, 0) is 0 Å². The minimum absolute atomic E-state index is 0.697. The number of nitrogens with one attached hydrogen (secondary N) is 1. The molecule has 0 saturated carbocycles. The Hall–Kier alpha value is -3.14. The quantitative estimate of drug-likeness (QED) is 0.566. The lowest BCUT2D eigenvalue weighted by atomic mass is 10.2. The number of fused-ring (bicyclic) bond motifs is 1. The van der Waals surface area contributed by atoms with Crippen molar-refractivity contribution in [2.75, 3.05) is 36.0 Å². The first kappa shape index (κ1) is 17.0. The molecule has 1 saturated heterocycles. The number of imidazole rings is 1. The Morgan fingerprint density at radius 1 is 0.964 bits per heavy atom. The van der Waals surface area contributed by atoms with E-state index in [1.54, 1.807) is 24.0 Å². The van der Waals surface area contributed by atoms with E-state index >= 15 is 0 Å². The zero-order valence-electron chi connectivity index (χ0n) is 15.6. The molecule has 0 atom stereocenters. The number of thiazole rings is 1. The zero-order chi connectivity index (χ0) is 19.1. The van der Waals surface area contributed by atoms with E-state index in [-0.39, 0.29) is 0 Å². The third-order valence-corrected chi connectivity index (χ3v) is 5.99. The molecule has 0 aromatic carbocycles. The molecule has 0 bridgehead atoms. The van der Waals surface area contributed by atoms with Crippen molar-refractivity contribution >= 4 is 34.1 Å². The predicted octanol–water partition coefficient (Wildman–Crippen LogP) is 2.21. The maximum absolute atomic E-state index is 4.47. The van der Waals surface area contributed by atoms with Gasteiger partial charge in [0.2, 0.25) is 0 Å². The van der Waals surface area contributed by atoms with Crippen LogP contribution < -0.4 is 9.80 Å². The van der Waals surface area contributed by atoms with Crippen LogP contribution in [0.4, 0.5) is 11.6 Å². The van der Waals surface area contributed by atoms with E-state index < -0.39 is 0 Å². The lowest BCUT2D eigenvalue weighted by Crippen LogP contribution is -2.47. The molecular formula is C18H19N9S. The molecule has 1 fully saturated rings. The number of aromatic amines is 1. The lowest BCUT2D eigenvalue weighted by molar-refractivity contribution is 0.639. The molecule has 1 N–H and O–H groups in total. The summed E-state index contributed by atoms with van der Waals surface area (Å²) in [4.78, 5) is 26.1. The van der Waals surface area contributed by atoms with Crippen molar-refractivity contribution in [1.82, 2.24) is 35.1 Å². The molecule has 0 unspecified atom stereocenters. The highest BCUT2D eigenvalue weighted by molar-refractivity contribution is 7.15. The van der Waals surface area contributed by atoms with Gasteiger partial charge in [-0.15, -0.1) is 21.5 Å². The van der Waals surface area contributed by atoms with Crippen molar-refractivity contribution in [2.45, 2.75) is 13.8 Å². The summed E-state index contributed by atoms with van der Waals surface area (Å²) in [5, 5.41) is 9.95. The van der Waals surface area contributed by atoms with Gasteiger partial charge in [0.15, 0.2) is 17.3 Å². The summed E-state index contributed by atoms with van der Waals surface area (Å²) in [6.45, 7) is 7.43. The minimum atomic E-state index is 0.697. The Labute approximate surface area is 165 Å². The Kier molecular flexibility index (Phi) is 4.12. The van der Waals surface area contributed by atoms with Crippen molar-refractivity contribution < 1.29 is 0 Å². The van der Waals surface area contributed by atoms with E-state index in [2.05, 4.69) is 44.9 Å². The van der Waals surface area contributed by atoms with Crippen LogP contribution in [0.5, 0.6) is 0 Å². The third-order valence-electron chi connectivity index (χ3n) is 4.89. The van der Waals surface area contributed by atoms with Crippen molar-refractivity contribution in [1.29, 1.82) is 0 Å². The fourth-order valence-corrected chi connectivity index (χ4v) is 4.41. The highest BCUT2D eigenvalue weighted by atomic mass is 32.1. The number of piperazine rings is 1. The Bertz CT molecular complexity index is 1110. The number of nitrogens with zero attached hydrogens (tertiary/aromatic N) is 8. The monoisotopic (exact) mass is 393 g/mol. The minimum Gasteiger partial charge on any atom is -0.352 e. The first-order valence-corrected chi connectivity index (χ1v) is 9.93. The van der Waals surface area contributed by atoms with E-state index in [0.717, 1.165) is 64.6 Å². The first-order chi connectivity index (χ1) is 13.7. The van der Waals surface area contributed by atoms with Crippen LogP contribution >= 0.6 is 11.3 Å². The second-order valence-electron chi connectivity index (χ2n) is 6.70. The first-order valence-electron chi connectivity index (χ1n) is 9.11. The van der Waals surface area contributed by atoms with E-state index in [1.807, 2.05) is 26.0 Å². The molecule has 28 heavy (non-hydrogen) atoms. The normalized spacial score (nSPS) is 14.8. The van der Waals surface area contributed by atoms with Crippen molar-refractivity contribution in [3.63, 3.8) is 0 Å². The number of H-pyrrole nitrogens is 1. The number of aromatic nitrogens is 7. The molecule has 0 aliphatic carbocycles. The maximum Gasteiger partial charge on any atom is 0.182 e. The van der Waals surface area contributed by atoms with Gasteiger partial charge < -0.3 is 14.8 Å². The van der Waals surface area contributed by atoms with Gasteiger partial charge in [0.25, 0.3) is 0 Å². The molecule has 1 aliphatic heterocycles. The predicted molar refractivity (Wildman–Crippen MR) is 109 cm³/mol. The van der Waals surface area contributed by atoms with Crippen LogP contribution in [0.3, 0.4) is 0 Å². The molecule has 0 amide bonds. The number of hydrogen-bond donors (Lipinski definition) is 1. The van der Waals surface area contributed by atoms with Gasteiger partial charge in [-0.3, -0.25) is 0 Å². The van der Waals surface area contributed by atoms with Crippen LogP contribution in [0, 0.1) is 13.8 Å². The average molecular weight is 393 g/mol. The summed E-state index contributed by atoms with van der Waals surface area (Å²) < 4.78 is 0. The molecule has 4 aromatic heterocycles. The summed E-state index contributed by atoms with van der Waals surface area (Å²) in [5.74, 6) is 1.80. The van der Waals surface area contributed by atoms with Crippen molar-refractivity contribution in [2.24, 2.45) is 0 Å². The Balaban J connectivity index is 1.30. The van der Waals surface area contributed by atoms with Gasteiger partial charge in [-0.25, -0.2) is 19.9 Å². The van der Waals surface area contributed by atoms with Gasteiger partial charge in [-0.2, -0.15) is 0 Å². The largest absolute Gasteiger partial charge is 0.352 e. The topological polar surface area (TPSA) is 99.6 Å². The molecule has 5 rings (SSSR count). The standard InChI is InChI=1S/C18H19N9S/c1-11-16(28-12(2)23-11)13-3-4-14(25-24-13)26-5-7-27(8-6-26)18-15-17(20-9-19-15)21-10-22-18/h3-4,9-10H,5-8H2,1-2H3,(H,19,20,21,22). The number of hydrogen-bond acceptors (Lipinski definition) is 9. The lowest BCUT2D eigenvalue weighted by Gasteiger charge is -2.35. The molecule has 10 heteroatoms. The van der Waals surface area contributed by atoms with Crippen LogP contribution in [0.2, 0.25) is 0 Å². The number of anilines is 2. The van der Waals surface area contributed by atoms with Crippen LogP contribution in [0.15, 0.2) is 24.8 Å². The van der Waals surface area contributed by atoms with Crippen molar-refractivity contribution in [3.05, 3.63) is 35.5 Å². The maximum atomic E-state index is 4.47. The molecule has 0 radical (unpaired) electrons. The van der Waals surface area contributed by atoms with Gasteiger partial charge in [0.1, 0.15) is 17.5 Å². The van der Waals surface area contributed by atoms with Crippen molar-refractivity contribution in [3.8, 4) is 10.6 Å². The van der Waals surface area contributed by atoms with E-state index in [0.29, 0.717) is 5.65 Å². The SMILES string of the molecule is Cc1nc(C)c(-c2ccc(N3CCN(c4ncnc5nc[nH]c45)CC3)nn2)s1. The fourth-order valence-electron chi connectivity index (χ4n) is 3.52. The molecule has 9 nitrogen and oxygen atoms in total. The molecule has 142 valence electrons. The van der Waals surface area contributed by atoms with Gasteiger partial charge >= 0.3 is 0 Å². The van der Waals surface area contributed by atoms with E-state index in [9.17, 15) is 0 Å². The van der Waals surface area contributed by atoms with E-state index in [4.69, 9.17) is 0 Å². The van der Waals surface area contributed by atoms with Gasteiger partial charge in [0.05, 0.1) is 21.9 Å².